The predicted molar refractivity (Wildman–Crippen MR) is 187 cm³/mol. The van der Waals surface area contributed by atoms with Crippen LogP contribution in [0.1, 0.15) is 64.5 Å². The van der Waals surface area contributed by atoms with E-state index < -0.39 is 0 Å². The molecule has 2 aromatic carbocycles. The molecule has 3 aromatic rings. The van der Waals surface area contributed by atoms with E-state index >= 15 is 0 Å². The second kappa shape index (κ2) is 15.9. The monoisotopic (exact) mass is 668 g/mol. The Morgan fingerprint density at radius 2 is 1.80 bits per heavy atom. The summed E-state index contributed by atoms with van der Waals surface area (Å²) in [6.07, 6.45) is 5.35. The smallest absolute Gasteiger partial charge is 0.254 e. The third kappa shape index (κ3) is 9.11. The molecule has 2 fully saturated rings. The molecule has 9 heteroatoms. The molecule has 0 radical (unpaired) electrons. The average Bonchev–Trinajstić information content (AvgIpc) is 3.70. The van der Waals surface area contributed by atoms with Crippen molar-refractivity contribution < 1.29 is 9.59 Å². The fraction of sp³-hybridized carbons (Fsp3) is 0.500. The van der Waals surface area contributed by atoms with Crippen LogP contribution in [0.25, 0.3) is 0 Å². The number of aryl methyl sites for hydroxylation is 2. The molecule has 1 unspecified atom stereocenters. The number of benzene rings is 2. The first kappa shape index (κ1) is 33.9. The zero-order valence-corrected chi connectivity index (χ0v) is 29.1. The van der Waals surface area contributed by atoms with Crippen LogP contribution < -0.4 is 5.32 Å². The Bertz CT molecular complexity index is 1430. The SMILES string of the molecule is CCC(CNCC(=O)N1CCN(C(=O)c2cc(C)cc(C)c2)C[C@H]1Cc1ccc(Cl)c(Cl)c1)C[C@@H]1CCCN1Cc1cccs1. The second-order valence-corrected chi connectivity index (χ2v) is 14.7. The molecule has 2 aliphatic rings. The number of piperazine rings is 1. The third-order valence-electron chi connectivity index (χ3n) is 9.34. The minimum absolute atomic E-state index is 0.0111. The number of nitrogens with one attached hydrogen (secondary N) is 1. The van der Waals surface area contributed by atoms with E-state index in [9.17, 15) is 9.59 Å². The summed E-state index contributed by atoms with van der Waals surface area (Å²) in [4.78, 5) is 35.2. The van der Waals surface area contributed by atoms with Gasteiger partial charge in [-0.2, -0.15) is 0 Å². The van der Waals surface area contributed by atoms with Crippen molar-refractivity contribution in [2.24, 2.45) is 5.92 Å². The molecule has 2 saturated heterocycles. The van der Waals surface area contributed by atoms with E-state index in [1.807, 2.05) is 59.2 Å². The maximum absolute atomic E-state index is 13.7. The number of hydrogen-bond donors (Lipinski definition) is 1. The highest BCUT2D eigenvalue weighted by Gasteiger charge is 2.33. The molecule has 5 rings (SSSR count). The molecular formula is C36H46Cl2N4O2S. The highest BCUT2D eigenvalue weighted by molar-refractivity contribution is 7.09. The van der Waals surface area contributed by atoms with Gasteiger partial charge in [-0.25, -0.2) is 0 Å². The van der Waals surface area contributed by atoms with Gasteiger partial charge in [0.2, 0.25) is 5.91 Å². The number of carbonyl (C=O) groups excluding carboxylic acids is 2. The maximum Gasteiger partial charge on any atom is 0.254 e. The van der Waals surface area contributed by atoms with E-state index in [1.54, 1.807) is 6.07 Å². The first-order chi connectivity index (χ1) is 21.7. The Balaban J connectivity index is 1.20. The number of likely N-dealkylation sites (tertiary alicyclic amines) is 1. The molecule has 1 aromatic heterocycles. The number of thiophene rings is 1. The van der Waals surface area contributed by atoms with Crippen LogP contribution in [0.15, 0.2) is 53.9 Å². The molecule has 6 nitrogen and oxygen atoms in total. The number of hydrogen-bond acceptors (Lipinski definition) is 5. The summed E-state index contributed by atoms with van der Waals surface area (Å²) in [5.74, 6) is 0.608. The van der Waals surface area contributed by atoms with Gasteiger partial charge in [0.15, 0.2) is 0 Å². The van der Waals surface area contributed by atoms with Crippen molar-refractivity contribution in [3.63, 3.8) is 0 Å². The van der Waals surface area contributed by atoms with Crippen LogP contribution in [0.3, 0.4) is 0 Å². The molecule has 242 valence electrons. The summed E-state index contributed by atoms with van der Waals surface area (Å²) in [6, 6.07) is 16.4. The van der Waals surface area contributed by atoms with Crippen LogP contribution in [0.5, 0.6) is 0 Å². The molecular weight excluding hydrogens is 623 g/mol. The van der Waals surface area contributed by atoms with Gasteiger partial charge in [-0.05, 0) is 99.8 Å². The Hall–Kier alpha value is -2.42. The van der Waals surface area contributed by atoms with Crippen molar-refractivity contribution in [2.45, 2.75) is 71.5 Å². The van der Waals surface area contributed by atoms with Gasteiger partial charge in [-0.15, -0.1) is 11.3 Å². The largest absolute Gasteiger partial charge is 0.335 e. The fourth-order valence-electron chi connectivity index (χ4n) is 7.00. The van der Waals surface area contributed by atoms with Gasteiger partial charge >= 0.3 is 0 Å². The molecule has 3 heterocycles. The summed E-state index contributed by atoms with van der Waals surface area (Å²) in [5, 5.41) is 6.68. The molecule has 2 amide bonds. The van der Waals surface area contributed by atoms with Crippen molar-refractivity contribution in [3.05, 3.63) is 91.1 Å². The van der Waals surface area contributed by atoms with Crippen LogP contribution in [-0.4, -0.2) is 77.9 Å². The van der Waals surface area contributed by atoms with Gasteiger partial charge in [-0.3, -0.25) is 14.5 Å². The van der Waals surface area contributed by atoms with Crippen molar-refractivity contribution in [3.8, 4) is 0 Å². The Labute approximate surface area is 282 Å². The van der Waals surface area contributed by atoms with E-state index in [4.69, 9.17) is 23.2 Å². The van der Waals surface area contributed by atoms with Crippen LogP contribution in [-0.2, 0) is 17.8 Å². The average molecular weight is 670 g/mol. The highest BCUT2D eigenvalue weighted by atomic mass is 35.5. The van der Waals surface area contributed by atoms with E-state index in [0.717, 1.165) is 42.6 Å². The van der Waals surface area contributed by atoms with Gasteiger partial charge in [0.1, 0.15) is 0 Å². The van der Waals surface area contributed by atoms with E-state index in [-0.39, 0.29) is 17.9 Å². The van der Waals surface area contributed by atoms with Crippen molar-refractivity contribution in [1.29, 1.82) is 0 Å². The standard InChI is InChI=1S/C36H46Cl2N4O2S/c1-4-27(18-30-7-5-11-40(30)24-32-8-6-14-45-32)21-39-22-35(43)42-13-12-41(36(44)29-16-25(2)15-26(3)17-29)23-31(42)19-28-9-10-33(37)34(38)20-28/h6,8-10,14-17,20,27,30-31,39H,4-5,7,11-13,18-19,21-24H2,1-3H3/t27?,30-,31+/m0/s1. The predicted octanol–water partition coefficient (Wildman–Crippen LogP) is 7.24. The molecule has 0 bridgehead atoms. The number of carbonyl (C=O) groups is 2. The normalized spacial score (nSPS) is 19.7. The Morgan fingerprint density at radius 1 is 1.00 bits per heavy atom. The molecule has 0 spiro atoms. The lowest BCUT2D eigenvalue weighted by molar-refractivity contribution is -0.134. The molecule has 0 aliphatic carbocycles. The molecule has 0 saturated carbocycles. The van der Waals surface area contributed by atoms with Gasteiger partial charge in [0.05, 0.1) is 22.6 Å². The maximum atomic E-state index is 13.7. The van der Waals surface area contributed by atoms with Gasteiger partial charge < -0.3 is 15.1 Å². The summed E-state index contributed by atoms with van der Waals surface area (Å²) < 4.78 is 0. The van der Waals surface area contributed by atoms with Crippen molar-refractivity contribution in [2.75, 3.05) is 39.3 Å². The summed E-state index contributed by atoms with van der Waals surface area (Å²) in [5.41, 5.74) is 3.83. The van der Waals surface area contributed by atoms with Gasteiger partial charge in [0, 0.05) is 42.7 Å². The molecule has 1 N–H and O–H groups in total. The van der Waals surface area contributed by atoms with E-state index in [1.165, 1.54) is 24.3 Å². The summed E-state index contributed by atoms with van der Waals surface area (Å²) >= 11 is 14.4. The highest BCUT2D eigenvalue weighted by Crippen LogP contribution is 2.28. The van der Waals surface area contributed by atoms with Gasteiger partial charge in [0.25, 0.3) is 5.91 Å². The molecule has 2 aliphatic heterocycles. The number of nitrogens with zero attached hydrogens (tertiary/aromatic N) is 3. The topological polar surface area (TPSA) is 55.9 Å². The lowest BCUT2D eigenvalue weighted by Crippen LogP contribution is -2.58. The van der Waals surface area contributed by atoms with E-state index in [0.29, 0.717) is 60.2 Å². The fourth-order valence-corrected chi connectivity index (χ4v) is 8.05. The van der Waals surface area contributed by atoms with Gasteiger partial charge in [-0.1, -0.05) is 65.9 Å². The molecule has 3 atom stereocenters. The Morgan fingerprint density at radius 3 is 2.51 bits per heavy atom. The lowest BCUT2D eigenvalue weighted by atomic mass is 9.95. The first-order valence-corrected chi connectivity index (χ1v) is 17.9. The molecule has 45 heavy (non-hydrogen) atoms. The summed E-state index contributed by atoms with van der Waals surface area (Å²) in [6.45, 7) is 11.1. The quantitative estimate of drug-likeness (QED) is 0.221. The zero-order valence-electron chi connectivity index (χ0n) is 26.7. The first-order valence-electron chi connectivity index (χ1n) is 16.3. The van der Waals surface area contributed by atoms with E-state index in [2.05, 4.69) is 40.7 Å². The van der Waals surface area contributed by atoms with Crippen LogP contribution >= 0.6 is 34.5 Å². The van der Waals surface area contributed by atoms with Crippen molar-refractivity contribution >= 4 is 46.4 Å². The Kier molecular flexibility index (Phi) is 12.0. The number of halogens is 2. The number of rotatable bonds is 12. The second-order valence-electron chi connectivity index (χ2n) is 12.8. The third-order valence-corrected chi connectivity index (χ3v) is 10.9. The number of amides is 2. The van der Waals surface area contributed by atoms with Crippen LogP contribution in [0.2, 0.25) is 10.0 Å². The van der Waals surface area contributed by atoms with Crippen LogP contribution in [0, 0.1) is 19.8 Å². The van der Waals surface area contributed by atoms with Crippen molar-refractivity contribution in [1.82, 2.24) is 20.0 Å². The zero-order chi connectivity index (χ0) is 31.9. The lowest BCUT2D eigenvalue weighted by Gasteiger charge is -2.42. The van der Waals surface area contributed by atoms with Crippen LogP contribution in [0.4, 0.5) is 0 Å². The minimum Gasteiger partial charge on any atom is -0.335 e. The minimum atomic E-state index is -0.161. The summed E-state index contributed by atoms with van der Waals surface area (Å²) in [7, 11) is 0.